The van der Waals surface area contributed by atoms with Crippen LogP contribution in [0.3, 0.4) is 0 Å². The van der Waals surface area contributed by atoms with Gasteiger partial charge in [0.05, 0.1) is 6.61 Å². The Morgan fingerprint density at radius 1 is 1.29 bits per heavy atom. The molecule has 1 unspecified atom stereocenters. The third-order valence-corrected chi connectivity index (χ3v) is 3.86. The number of nitrogens with zero attached hydrogens (tertiary/aromatic N) is 1. The molecule has 1 saturated heterocycles. The van der Waals surface area contributed by atoms with E-state index < -0.39 is 0 Å². The van der Waals surface area contributed by atoms with Crippen LogP contribution in [0, 0.1) is 11.8 Å². The molecule has 0 amide bonds. The van der Waals surface area contributed by atoms with E-state index in [-0.39, 0.29) is 0 Å². The first-order valence-electron chi connectivity index (χ1n) is 7.08. The zero-order valence-corrected chi connectivity index (χ0v) is 12.0. The molecule has 1 heterocycles. The Morgan fingerprint density at radius 3 is 2.47 bits per heavy atom. The zero-order valence-electron chi connectivity index (χ0n) is 12.0. The summed E-state index contributed by atoms with van der Waals surface area (Å²) >= 11 is 0. The average molecular weight is 242 g/mol. The molecule has 0 bridgehead atoms. The van der Waals surface area contributed by atoms with Crippen molar-refractivity contribution in [3.05, 3.63) is 0 Å². The van der Waals surface area contributed by atoms with Crippen LogP contribution in [-0.2, 0) is 4.74 Å². The van der Waals surface area contributed by atoms with Crippen molar-refractivity contribution in [2.24, 2.45) is 11.8 Å². The van der Waals surface area contributed by atoms with Gasteiger partial charge in [-0.25, -0.2) is 0 Å². The van der Waals surface area contributed by atoms with Gasteiger partial charge in [-0.3, -0.25) is 0 Å². The summed E-state index contributed by atoms with van der Waals surface area (Å²) in [7, 11) is 1.78. The predicted octanol–water partition coefficient (Wildman–Crippen LogP) is 1.98. The Bertz CT molecular complexity index is 189. The Morgan fingerprint density at radius 2 is 1.94 bits per heavy atom. The third kappa shape index (κ3) is 5.84. The van der Waals surface area contributed by atoms with Crippen molar-refractivity contribution in [3.8, 4) is 0 Å². The van der Waals surface area contributed by atoms with Crippen LogP contribution < -0.4 is 5.32 Å². The summed E-state index contributed by atoms with van der Waals surface area (Å²) in [5.41, 5.74) is 0. The molecule has 102 valence electrons. The minimum absolute atomic E-state index is 0.490. The van der Waals surface area contributed by atoms with Crippen molar-refractivity contribution in [2.75, 3.05) is 39.9 Å². The number of hydrogen-bond donors (Lipinski definition) is 1. The summed E-state index contributed by atoms with van der Waals surface area (Å²) in [6.45, 7) is 12.5. The lowest BCUT2D eigenvalue weighted by atomic mass is 9.99. The van der Waals surface area contributed by atoms with Gasteiger partial charge in [0.2, 0.25) is 0 Å². The molecule has 0 spiro atoms. The molecule has 1 N–H and O–H groups in total. The van der Waals surface area contributed by atoms with Gasteiger partial charge in [-0.15, -0.1) is 0 Å². The molecule has 3 nitrogen and oxygen atoms in total. The lowest BCUT2D eigenvalue weighted by Gasteiger charge is -2.31. The molecular formula is C14H30N2O. The molecule has 0 aromatic rings. The maximum Gasteiger partial charge on any atom is 0.0618 e. The monoisotopic (exact) mass is 242 g/mol. The highest BCUT2D eigenvalue weighted by Crippen LogP contribution is 2.15. The van der Waals surface area contributed by atoms with E-state index in [0.29, 0.717) is 12.0 Å². The van der Waals surface area contributed by atoms with Gasteiger partial charge in [0.15, 0.2) is 0 Å². The SMILES string of the molecule is COCC(NCCN1CCC(C)CC1)C(C)C. The van der Waals surface area contributed by atoms with Gasteiger partial charge >= 0.3 is 0 Å². The molecule has 1 aliphatic rings. The van der Waals surface area contributed by atoms with Gasteiger partial charge < -0.3 is 15.0 Å². The molecule has 3 heteroatoms. The Hall–Kier alpha value is -0.120. The maximum atomic E-state index is 5.25. The second-order valence-electron chi connectivity index (χ2n) is 5.78. The lowest BCUT2D eigenvalue weighted by Crippen LogP contribution is -2.43. The highest BCUT2D eigenvalue weighted by atomic mass is 16.5. The van der Waals surface area contributed by atoms with Gasteiger partial charge in [0.1, 0.15) is 0 Å². The fourth-order valence-corrected chi connectivity index (χ4v) is 2.36. The number of methoxy groups -OCH3 is 1. The summed E-state index contributed by atoms with van der Waals surface area (Å²) < 4.78 is 5.25. The van der Waals surface area contributed by atoms with Gasteiger partial charge in [0.25, 0.3) is 0 Å². The number of likely N-dealkylation sites (tertiary alicyclic amines) is 1. The van der Waals surface area contributed by atoms with Crippen molar-refractivity contribution < 1.29 is 4.74 Å². The number of nitrogens with one attached hydrogen (secondary N) is 1. The van der Waals surface area contributed by atoms with Crippen LogP contribution in [0.15, 0.2) is 0 Å². The number of rotatable bonds is 7. The van der Waals surface area contributed by atoms with Crippen molar-refractivity contribution in [3.63, 3.8) is 0 Å². The van der Waals surface area contributed by atoms with E-state index in [2.05, 4.69) is 31.0 Å². The molecule has 0 aliphatic carbocycles. The summed E-state index contributed by atoms with van der Waals surface area (Å²) in [6.07, 6.45) is 2.73. The van der Waals surface area contributed by atoms with Crippen LogP contribution in [0.2, 0.25) is 0 Å². The predicted molar refractivity (Wildman–Crippen MR) is 73.3 cm³/mol. The number of piperidine rings is 1. The second kappa shape index (κ2) is 8.06. The van der Waals surface area contributed by atoms with E-state index >= 15 is 0 Å². The van der Waals surface area contributed by atoms with Crippen molar-refractivity contribution in [1.82, 2.24) is 10.2 Å². The van der Waals surface area contributed by atoms with E-state index in [1.54, 1.807) is 7.11 Å². The summed E-state index contributed by atoms with van der Waals surface area (Å²) in [4.78, 5) is 2.58. The van der Waals surface area contributed by atoms with Crippen LogP contribution in [0.25, 0.3) is 0 Å². The molecule has 1 aliphatic heterocycles. The normalized spacial score (nSPS) is 21.0. The molecule has 1 atom stereocenters. The van der Waals surface area contributed by atoms with Gasteiger partial charge in [-0.2, -0.15) is 0 Å². The second-order valence-corrected chi connectivity index (χ2v) is 5.78. The average Bonchev–Trinajstić information content (AvgIpc) is 2.30. The standard InChI is InChI=1S/C14H30N2O/c1-12(2)14(11-17-4)15-7-10-16-8-5-13(3)6-9-16/h12-15H,5-11H2,1-4H3. The molecule has 0 aromatic carbocycles. The van der Waals surface area contributed by atoms with Crippen LogP contribution >= 0.6 is 0 Å². The van der Waals surface area contributed by atoms with Crippen molar-refractivity contribution in [1.29, 1.82) is 0 Å². The maximum absolute atomic E-state index is 5.25. The van der Waals surface area contributed by atoms with Gasteiger partial charge in [0, 0.05) is 26.2 Å². The Labute approximate surface area is 107 Å². The molecular weight excluding hydrogens is 212 g/mol. The van der Waals surface area contributed by atoms with Gasteiger partial charge in [-0.05, 0) is 37.8 Å². The first kappa shape index (κ1) is 14.9. The first-order valence-corrected chi connectivity index (χ1v) is 7.08. The highest BCUT2D eigenvalue weighted by Gasteiger charge is 2.16. The Kier molecular flexibility index (Phi) is 7.09. The molecule has 0 saturated carbocycles. The van der Waals surface area contributed by atoms with E-state index in [0.717, 1.165) is 19.1 Å². The smallest absolute Gasteiger partial charge is 0.0618 e. The Balaban J connectivity index is 2.13. The van der Waals surface area contributed by atoms with Crippen LogP contribution in [0.1, 0.15) is 33.6 Å². The molecule has 0 aromatic heterocycles. The summed E-state index contributed by atoms with van der Waals surface area (Å²) in [5, 5.41) is 3.61. The number of ether oxygens (including phenoxy) is 1. The lowest BCUT2D eigenvalue weighted by molar-refractivity contribution is 0.140. The van der Waals surface area contributed by atoms with Gasteiger partial charge in [-0.1, -0.05) is 20.8 Å². The van der Waals surface area contributed by atoms with E-state index in [1.165, 1.54) is 32.5 Å². The quantitative estimate of drug-likeness (QED) is 0.739. The van der Waals surface area contributed by atoms with Crippen LogP contribution in [-0.4, -0.2) is 50.8 Å². The fourth-order valence-electron chi connectivity index (χ4n) is 2.36. The van der Waals surface area contributed by atoms with E-state index in [9.17, 15) is 0 Å². The van der Waals surface area contributed by atoms with E-state index in [4.69, 9.17) is 4.74 Å². The molecule has 0 radical (unpaired) electrons. The highest BCUT2D eigenvalue weighted by molar-refractivity contribution is 4.73. The molecule has 17 heavy (non-hydrogen) atoms. The summed E-state index contributed by atoms with van der Waals surface area (Å²) in [5.74, 6) is 1.56. The van der Waals surface area contributed by atoms with E-state index in [1.807, 2.05) is 0 Å². The minimum Gasteiger partial charge on any atom is -0.383 e. The number of hydrogen-bond acceptors (Lipinski definition) is 3. The minimum atomic E-state index is 0.490. The largest absolute Gasteiger partial charge is 0.383 e. The third-order valence-electron chi connectivity index (χ3n) is 3.86. The molecule has 1 fully saturated rings. The van der Waals surface area contributed by atoms with Crippen LogP contribution in [0.4, 0.5) is 0 Å². The van der Waals surface area contributed by atoms with Crippen molar-refractivity contribution >= 4 is 0 Å². The fraction of sp³-hybridized carbons (Fsp3) is 1.00. The molecule has 1 rings (SSSR count). The summed E-state index contributed by atoms with van der Waals surface area (Å²) in [6, 6.07) is 0.490. The first-order chi connectivity index (χ1) is 8.13. The van der Waals surface area contributed by atoms with Crippen LogP contribution in [0.5, 0.6) is 0 Å². The topological polar surface area (TPSA) is 24.5 Å². The van der Waals surface area contributed by atoms with Crippen molar-refractivity contribution in [2.45, 2.75) is 39.7 Å². The zero-order chi connectivity index (χ0) is 12.7.